The molecule has 1 aliphatic rings. The van der Waals surface area contributed by atoms with Crippen molar-refractivity contribution in [1.82, 2.24) is 0 Å². The zero-order chi connectivity index (χ0) is 33.4. The van der Waals surface area contributed by atoms with E-state index in [9.17, 15) is 10.2 Å². The van der Waals surface area contributed by atoms with E-state index in [1.54, 1.807) is 0 Å². The predicted molar refractivity (Wildman–Crippen MR) is 175 cm³/mol. The van der Waals surface area contributed by atoms with E-state index in [-0.39, 0.29) is 28.9 Å². The molecule has 1 saturated carbocycles. The number of aliphatic imine (C=N–C) groups is 2. The number of aryl methyl sites for hydroxylation is 2. The molecule has 8 nitrogen and oxygen atoms in total. The number of aliphatic carboxylic acids is 2. The average Bonchev–Trinajstić information content (AvgIpc) is 2.99. The van der Waals surface area contributed by atoms with Gasteiger partial charge in [0.15, 0.2) is 0 Å². The number of hydrogen-bond acceptors (Lipinski definition) is 8. The molecule has 1 aliphatic carbocycles. The summed E-state index contributed by atoms with van der Waals surface area (Å²) in [5.41, 5.74) is 6.23. The Morgan fingerprint density at radius 1 is 0.733 bits per heavy atom. The van der Waals surface area contributed by atoms with Gasteiger partial charge in [-0.3, -0.25) is 9.98 Å². The second kappa shape index (κ2) is 21.5. The van der Waals surface area contributed by atoms with Crippen LogP contribution in [0.5, 0.6) is 11.5 Å². The van der Waals surface area contributed by atoms with E-state index in [1.165, 1.54) is 11.1 Å². The van der Waals surface area contributed by atoms with Gasteiger partial charge in [-0.15, -0.1) is 0 Å². The van der Waals surface area contributed by atoms with Gasteiger partial charge >= 0.3 is 16.8 Å². The van der Waals surface area contributed by atoms with E-state index < -0.39 is 11.9 Å². The molecule has 0 saturated heterocycles. The Morgan fingerprint density at radius 2 is 1.02 bits per heavy atom. The Morgan fingerprint density at radius 3 is 1.27 bits per heavy atom. The number of rotatable bonds is 10. The Labute approximate surface area is 280 Å². The normalized spacial score (nSPS) is 17.3. The first kappa shape index (κ1) is 41.8. The van der Waals surface area contributed by atoms with E-state index in [4.69, 9.17) is 29.8 Å². The van der Waals surface area contributed by atoms with Crippen molar-refractivity contribution in [3.63, 3.8) is 0 Å². The van der Waals surface area contributed by atoms with Crippen LogP contribution in [0, 0.1) is 0 Å². The number of carboxylic acids is 2. The fourth-order valence-corrected chi connectivity index (χ4v) is 4.99. The summed E-state index contributed by atoms with van der Waals surface area (Å²) in [5, 5.41) is 39.2. The standard InChI is InChI=1S/C32H46N2O2.2C2H4O2.Co/c1-7-21(5)25-15-23(9-3)31(35)27(17-25)19-33-29-11-13-30(14-12-29)34-20-28-18-26(22(6)8-2)16-24(10-4)32(28)36;2*1-2(3)4;/h15-22,29-30,35-36H,7-14H2,1-6H3;2*1H3,(H,3,4);/q;;;+2/p-2. The monoisotopic (exact) mass is 667 g/mol. The second-order valence-electron chi connectivity index (χ2n) is 11.6. The molecule has 1 radical (unpaired) electrons. The van der Waals surface area contributed by atoms with Gasteiger partial charge in [-0.1, -0.05) is 53.7 Å². The summed E-state index contributed by atoms with van der Waals surface area (Å²) >= 11 is 0. The smallest absolute Gasteiger partial charge is 0.550 e. The molecule has 45 heavy (non-hydrogen) atoms. The van der Waals surface area contributed by atoms with Crippen molar-refractivity contribution in [2.75, 3.05) is 0 Å². The van der Waals surface area contributed by atoms with Crippen molar-refractivity contribution in [2.45, 2.75) is 131 Å². The molecule has 2 unspecified atom stereocenters. The van der Waals surface area contributed by atoms with Crippen LogP contribution in [-0.2, 0) is 39.2 Å². The molecule has 0 aliphatic heterocycles. The quantitative estimate of drug-likeness (QED) is 0.315. The molecule has 9 heteroatoms. The molecule has 0 heterocycles. The number of hydrogen-bond donors (Lipinski definition) is 2. The number of phenols is 2. The molecule has 0 aromatic heterocycles. The Kier molecular flexibility index (Phi) is 20.0. The summed E-state index contributed by atoms with van der Waals surface area (Å²) in [5.74, 6) is -0.486. The van der Waals surface area contributed by atoms with E-state index in [0.717, 1.165) is 87.5 Å². The van der Waals surface area contributed by atoms with Crippen molar-refractivity contribution in [1.29, 1.82) is 0 Å². The minimum Gasteiger partial charge on any atom is -0.550 e. The number of carboxylic acid groups (broad SMARTS) is 2. The Balaban J connectivity index is 0.00000192. The Hall–Kier alpha value is -3.17. The summed E-state index contributed by atoms with van der Waals surface area (Å²) in [4.78, 5) is 27.5. The molecular formula is C36H52CoN2O6. The maximum atomic E-state index is 10.7. The van der Waals surface area contributed by atoms with Gasteiger partial charge in [-0.25, -0.2) is 0 Å². The zero-order valence-electron chi connectivity index (χ0n) is 28.2. The summed E-state index contributed by atoms with van der Waals surface area (Å²) < 4.78 is 0. The van der Waals surface area contributed by atoms with Crippen LogP contribution in [0.4, 0.5) is 0 Å². The first-order chi connectivity index (χ1) is 20.8. The molecule has 0 spiro atoms. The van der Waals surface area contributed by atoms with Crippen LogP contribution in [0.2, 0.25) is 0 Å². The first-order valence-corrected chi connectivity index (χ1v) is 15.9. The van der Waals surface area contributed by atoms with Crippen LogP contribution >= 0.6 is 0 Å². The third-order valence-corrected chi connectivity index (χ3v) is 8.12. The topological polar surface area (TPSA) is 145 Å². The van der Waals surface area contributed by atoms with Crippen LogP contribution in [0.15, 0.2) is 34.3 Å². The third kappa shape index (κ3) is 14.6. The van der Waals surface area contributed by atoms with E-state index in [2.05, 4.69) is 65.8 Å². The summed E-state index contributed by atoms with van der Waals surface area (Å²) in [6.07, 6.45) is 11.5. The molecule has 2 atom stereocenters. The Bertz CT molecular complexity index is 1160. The average molecular weight is 668 g/mol. The van der Waals surface area contributed by atoms with Gasteiger partial charge in [0.2, 0.25) is 0 Å². The number of carbonyl (C=O) groups is 2. The molecule has 2 aromatic carbocycles. The second-order valence-corrected chi connectivity index (χ2v) is 11.6. The maximum absolute atomic E-state index is 10.7. The molecule has 0 bridgehead atoms. The molecule has 2 N–H and O–H groups in total. The molecular weight excluding hydrogens is 615 g/mol. The van der Waals surface area contributed by atoms with E-state index >= 15 is 0 Å². The SMILES string of the molecule is CC(=O)[O-].CC(=O)[O-].CCc1cc(C(C)CC)cc(C=NC2CCC(N=Cc3cc(C(C)CC)cc(CC)c3O)CC2)c1O.[Co+2]. The fraction of sp³-hybridized carbons (Fsp3) is 0.556. The molecule has 0 amide bonds. The first-order valence-electron chi connectivity index (χ1n) is 15.9. The van der Waals surface area contributed by atoms with Crippen LogP contribution in [0.25, 0.3) is 0 Å². The maximum Gasteiger partial charge on any atom is 2.00 e. The molecule has 2 aromatic rings. The van der Waals surface area contributed by atoms with Crippen LogP contribution in [-0.4, -0.2) is 46.7 Å². The van der Waals surface area contributed by atoms with Crippen LogP contribution in [0.3, 0.4) is 0 Å². The summed E-state index contributed by atoms with van der Waals surface area (Å²) in [6, 6.07) is 9.02. The van der Waals surface area contributed by atoms with Crippen LogP contribution < -0.4 is 10.2 Å². The number of aromatic hydroxyl groups is 2. The van der Waals surface area contributed by atoms with Gasteiger partial charge in [-0.2, -0.15) is 0 Å². The van der Waals surface area contributed by atoms with Gasteiger partial charge in [0.1, 0.15) is 11.5 Å². The van der Waals surface area contributed by atoms with Gasteiger partial charge in [-0.05, 0) is 111 Å². The number of phenolic OH excluding ortho intramolecular Hbond substituents is 2. The van der Waals surface area contributed by atoms with Gasteiger partial charge in [0, 0.05) is 35.5 Å². The minimum absolute atomic E-state index is 0. The van der Waals surface area contributed by atoms with E-state index in [0.29, 0.717) is 23.3 Å². The van der Waals surface area contributed by atoms with Crippen molar-refractivity contribution < 1.29 is 46.8 Å². The largest absolute Gasteiger partial charge is 2.00 e. The number of benzene rings is 2. The van der Waals surface area contributed by atoms with Crippen LogP contribution in [0.1, 0.15) is 139 Å². The summed E-state index contributed by atoms with van der Waals surface area (Å²) in [6.45, 7) is 15.0. The van der Waals surface area contributed by atoms with Crippen molar-refractivity contribution >= 4 is 24.4 Å². The van der Waals surface area contributed by atoms with Gasteiger partial charge in [0.05, 0.1) is 12.1 Å². The van der Waals surface area contributed by atoms with Gasteiger partial charge < -0.3 is 30.0 Å². The summed E-state index contributed by atoms with van der Waals surface area (Å²) in [7, 11) is 0. The number of nitrogens with zero attached hydrogens (tertiary/aromatic N) is 2. The van der Waals surface area contributed by atoms with E-state index in [1.807, 2.05) is 12.4 Å². The predicted octanol–water partition coefficient (Wildman–Crippen LogP) is 5.61. The molecule has 3 rings (SSSR count). The van der Waals surface area contributed by atoms with Gasteiger partial charge in [0.25, 0.3) is 0 Å². The number of carbonyl (C=O) groups excluding carboxylic acids is 2. The van der Waals surface area contributed by atoms with Crippen molar-refractivity contribution in [2.24, 2.45) is 9.98 Å². The third-order valence-electron chi connectivity index (χ3n) is 8.12. The molecule has 1 fully saturated rings. The molecule has 251 valence electrons. The minimum atomic E-state index is -1.08. The fourth-order valence-electron chi connectivity index (χ4n) is 4.99. The van der Waals surface area contributed by atoms with Crippen molar-refractivity contribution in [3.05, 3.63) is 57.6 Å². The van der Waals surface area contributed by atoms with Crippen molar-refractivity contribution in [3.8, 4) is 11.5 Å². The zero-order valence-corrected chi connectivity index (χ0v) is 29.2.